The molecule has 2 aliphatic heterocycles. The molecule has 5 nitrogen and oxygen atoms in total. The smallest absolute Gasteiger partial charge is 0.243 e. The Morgan fingerprint density at radius 1 is 1.25 bits per heavy atom. The summed E-state index contributed by atoms with van der Waals surface area (Å²) in [5, 5.41) is 3.50. The third-order valence-corrected chi connectivity index (χ3v) is 7.21. The summed E-state index contributed by atoms with van der Waals surface area (Å²) in [5.41, 5.74) is 0.899. The SMILES string of the molecule is CC(C)C(=O)N1[C@@H](C(=O)NCC[NH+]2CCCCC2)CS[C@@H]1c1ccccc1Cl. The van der Waals surface area contributed by atoms with Crippen LogP contribution >= 0.6 is 23.4 Å². The number of rotatable bonds is 6. The molecule has 2 heterocycles. The number of piperidine rings is 1. The van der Waals surface area contributed by atoms with E-state index in [2.05, 4.69) is 5.32 Å². The Hall–Kier alpha value is -1.24. The molecule has 28 heavy (non-hydrogen) atoms. The van der Waals surface area contributed by atoms with E-state index in [1.54, 1.807) is 21.6 Å². The Morgan fingerprint density at radius 3 is 2.64 bits per heavy atom. The zero-order chi connectivity index (χ0) is 20.1. The molecule has 0 aliphatic carbocycles. The number of carbonyl (C=O) groups is 2. The molecular formula is C21H31ClN3O2S+. The number of halogens is 1. The Bertz CT molecular complexity index is 694. The van der Waals surface area contributed by atoms with E-state index in [0.29, 0.717) is 17.3 Å². The molecule has 0 spiro atoms. The molecule has 1 aromatic carbocycles. The van der Waals surface area contributed by atoms with Crippen molar-refractivity contribution in [3.8, 4) is 0 Å². The molecule has 0 saturated carbocycles. The highest BCUT2D eigenvalue weighted by Gasteiger charge is 2.43. The summed E-state index contributed by atoms with van der Waals surface area (Å²) in [7, 11) is 0. The van der Waals surface area contributed by atoms with E-state index in [1.165, 1.54) is 32.4 Å². The van der Waals surface area contributed by atoms with E-state index in [-0.39, 0.29) is 23.1 Å². The van der Waals surface area contributed by atoms with Crippen LogP contribution in [0.4, 0.5) is 0 Å². The fourth-order valence-corrected chi connectivity index (χ4v) is 5.75. The van der Waals surface area contributed by atoms with Gasteiger partial charge in [-0.1, -0.05) is 43.6 Å². The number of benzene rings is 1. The summed E-state index contributed by atoms with van der Waals surface area (Å²) in [6, 6.07) is 7.14. The predicted molar refractivity (Wildman–Crippen MR) is 115 cm³/mol. The maximum atomic E-state index is 13.0. The first-order chi connectivity index (χ1) is 13.5. The highest BCUT2D eigenvalue weighted by molar-refractivity contribution is 7.99. The average Bonchev–Trinajstić information content (AvgIpc) is 3.13. The molecule has 3 rings (SSSR count). The summed E-state index contributed by atoms with van der Waals surface area (Å²) in [4.78, 5) is 29.2. The van der Waals surface area contributed by atoms with Gasteiger partial charge in [-0.2, -0.15) is 0 Å². The maximum absolute atomic E-state index is 13.0. The van der Waals surface area contributed by atoms with Crippen molar-refractivity contribution in [3.63, 3.8) is 0 Å². The molecule has 7 heteroatoms. The number of likely N-dealkylation sites (tertiary alicyclic amines) is 1. The number of nitrogens with one attached hydrogen (secondary N) is 2. The van der Waals surface area contributed by atoms with Crippen molar-refractivity contribution in [2.45, 2.75) is 44.5 Å². The number of hydrogen-bond donors (Lipinski definition) is 2. The van der Waals surface area contributed by atoms with E-state index in [0.717, 1.165) is 12.1 Å². The van der Waals surface area contributed by atoms with E-state index in [4.69, 9.17) is 11.6 Å². The first-order valence-electron chi connectivity index (χ1n) is 10.3. The molecule has 2 fully saturated rings. The molecular weight excluding hydrogens is 394 g/mol. The Morgan fingerprint density at radius 2 is 1.96 bits per heavy atom. The van der Waals surface area contributed by atoms with Crippen molar-refractivity contribution < 1.29 is 14.5 Å². The lowest BCUT2D eigenvalue weighted by atomic mass is 10.1. The largest absolute Gasteiger partial charge is 0.349 e. The Labute approximate surface area is 177 Å². The number of thioether (sulfide) groups is 1. The van der Waals surface area contributed by atoms with Crippen molar-refractivity contribution in [2.24, 2.45) is 5.92 Å². The fourth-order valence-electron chi connectivity index (χ4n) is 3.97. The van der Waals surface area contributed by atoms with Crippen molar-refractivity contribution in [3.05, 3.63) is 34.9 Å². The molecule has 2 N–H and O–H groups in total. The molecule has 2 aliphatic rings. The van der Waals surface area contributed by atoms with Gasteiger partial charge in [-0.25, -0.2) is 0 Å². The summed E-state index contributed by atoms with van der Waals surface area (Å²) < 4.78 is 0. The summed E-state index contributed by atoms with van der Waals surface area (Å²) in [6.07, 6.45) is 3.88. The first-order valence-corrected chi connectivity index (χ1v) is 11.7. The Kier molecular flexibility index (Phi) is 7.66. The van der Waals surface area contributed by atoms with Crippen molar-refractivity contribution in [1.29, 1.82) is 0 Å². The van der Waals surface area contributed by atoms with Gasteiger partial charge in [-0.15, -0.1) is 11.8 Å². The highest BCUT2D eigenvalue weighted by atomic mass is 35.5. The summed E-state index contributed by atoms with van der Waals surface area (Å²) >= 11 is 8.01. The van der Waals surface area contributed by atoms with Gasteiger partial charge in [0.1, 0.15) is 11.4 Å². The molecule has 0 radical (unpaired) electrons. The van der Waals surface area contributed by atoms with Crippen LogP contribution in [0, 0.1) is 5.92 Å². The molecule has 0 aromatic heterocycles. The van der Waals surface area contributed by atoms with Crippen molar-refractivity contribution in [2.75, 3.05) is 31.9 Å². The van der Waals surface area contributed by atoms with Gasteiger partial charge in [-0.3, -0.25) is 9.59 Å². The molecule has 2 atom stereocenters. The van der Waals surface area contributed by atoms with E-state index >= 15 is 0 Å². The molecule has 2 saturated heterocycles. The quantitative estimate of drug-likeness (QED) is 0.735. The number of amides is 2. The molecule has 154 valence electrons. The zero-order valence-corrected chi connectivity index (χ0v) is 18.3. The molecule has 0 unspecified atom stereocenters. The fraction of sp³-hybridized carbons (Fsp3) is 0.619. The van der Waals surface area contributed by atoms with Gasteiger partial charge >= 0.3 is 0 Å². The van der Waals surface area contributed by atoms with Gasteiger partial charge < -0.3 is 15.1 Å². The van der Waals surface area contributed by atoms with E-state index in [9.17, 15) is 9.59 Å². The van der Waals surface area contributed by atoms with Crippen molar-refractivity contribution in [1.82, 2.24) is 10.2 Å². The lowest BCUT2D eigenvalue weighted by molar-refractivity contribution is -0.903. The van der Waals surface area contributed by atoms with Crippen LogP contribution in [0.3, 0.4) is 0 Å². The lowest BCUT2D eigenvalue weighted by Gasteiger charge is -2.31. The summed E-state index contributed by atoms with van der Waals surface area (Å²) in [6.45, 7) is 7.77. The normalized spacial score (nSPS) is 23.2. The van der Waals surface area contributed by atoms with Gasteiger partial charge in [0.2, 0.25) is 11.8 Å². The topological polar surface area (TPSA) is 53.9 Å². The van der Waals surface area contributed by atoms with Crippen LogP contribution < -0.4 is 10.2 Å². The number of hydrogen-bond acceptors (Lipinski definition) is 3. The Balaban J connectivity index is 1.67. The van der Waals surface area contributed by atoms with E-state index < -0.39 is 6.04 Å². The minimum absolute atomic E-state index is 0.00303. The van der Waals surface area contributed by atoms with Gasteiger partial charge in [0, 0.05) is 22.3 Å². The number of nitrogens with zero attached hydrogens (tertiary/aromatic N) is 1. The van der Waals surface area contributed by atoms with Crippen LogP contribution in [0.25, 0.3) is 0 Å². The van der Waals surface area contributed by atoms with Crippen molar-refractivity contribution >= 4 is 35.2 Å². The minimum atomic E-state index is -0.447. The third kappa shape index (κ3) is 5.02. The van der Waals surface area contributed by atoms with Crippen LogP contribution in [-0.4, -0.2) is 54.7 Å². The van der Waals surface area contributed by atoms with Gasteiger partial charge in [0.15, 0.2) is 0 Å². The molecule has 0 bridgehead atoms. The van der Waals surface area contributed by atoms with Crippen LogP contribution in [-0.2, 0) is 9.59 Å². The van der Waals surface area contributed by atoms with Gasteiger partial charge in [0.25, 0.3) is 0 Å². The highest BCUT2D eigenvalue weighted by Crippen LogP contribution is 2.44. The maximum Gasteiger partial charge on any atom is 0.243 e. The zero-order valence-electron chi connectivity index (χ0n) is 16.7. The standard InChI is InChI=1S/C21H30ClN3O2S/c1-15(2)20(27)25-18(14-28-21(25)16-8-4-5-9-17(16)22)19(26)23-10-13-24-11-6-3-7-12-24/h4-5,8-9,15,18,21H,3,6-7,10-14H2,1-2H3,(H,23,26)/p+1/t18-,21-/m1/s1. The van der Waals surface area contributed by atoms with Crippen LogP contribution in [0.5, 0.6) is 0 Å². The second-order valence-electron chi connectivity index (χ2n) is 7.97. The number of quaternary nitrogens is 1. The average molecular weight is 425 g/mol. The second-order valence-corrected chi connectivity index (χ2v) is 9.50. The van der Waals surface area contributed by atoms with Gasteiger partial charge in [-0.05, 0) is 25.3 Å². The second kappa shape index (κ2) is 9.99. The van der Waals surface area contributed by atoms with Crippen LogP contribution in [0.2, 0.25) is 5.02 Å². The lowest BCUT2D eigenvalue weighted by Crippen LogP contribution is -3.13. The van der Waals surface area contributed by atoms with E-state index in [1.807, 2.05) is 38.1 Å². The minimum Gasteiger partial charge on any atom is -0.349 e. The first kappa shape index (κ1) is 21.5. The third-order valence-electron chi connectivity index (χ3n) is 5.56. The van der Waals surface area contributed by atoms with Crippen LogP contribution in [0.15, 0.2) is 24.3 Å². The number of carbonyl (C=O) groups excluding carboxylic acids is 2. The van der Waals surface area contributed by atoms with Crippen LogP contribution in [0.1, 0.15) is 44.0 Å². The molecule has 1 aromatic rings. The molecule has 2 amide bonds. The van der Waals surface area contributed by atoms with Gasteiger partial charge in [0.05, 0.1) is 26.2 Å². The monoisotopic (exact) mass is 424 g/mol. The summed E-state index contributed by atoms with van der Waals surface area (Å²) in [5.74, 6) is 0.373. The predicted octanol–water partition coefficient (Wildman–Crippen LogP) is 2.12.